The van der Waals surface area contributed by atoms with Gasteiger partial charge in [-0.05, 0) is 30.3 Å². The molecule has 0 unspecified atom stereocenters. The van der Waals surface area contributed by atoms with Crippen LogP contribution in [-0.4, -0.2) is 72.6 Å². The molecule has 0 aromatic heterocycles. The molecule has 1 N–H and O–H groups in total. The lowest BCUT2D eigenvalue weighted by atomic mass is 10.1. The number of anilines is 1. The molecular weight excluding hydrogens is 456 g/mol. The van der Waals surface area contributed by atoms with Crippen LogP contribution >= 0.6 is 0 Å². The lowest BCUT2D eigenvalue weighted by Gasteiger charge is -2.18. The predicted molar refractivity (Wildman–Crippen MR) is 117 cm³/mol. The summed E-state index contributed by atoms with van der Waals surface area (Å²) >= 11 is 0. The SMILES string of the molecule is COC(=O)c1cc(NC(=O)CN(C)S(=O)(=O)c2ccc(OC)c(OC)c2)cc(C(=O)OC)c1. The average Bonchev–Trinajstić information content (AvgIpc) is 2.81. The first kappa shape index (κ1) is 25.6. The number of benzene rings is 2. The molecule has 0 saturated heterocycles. The quantitative estimate of drug-likeness (QED) is 0.530. The zero-order valence-electron chi connectivity index (χ0n) is 18.7. The van der Waals surface area contributed by atoms with Crippen molar-refractivity contribution in [3.05, 3.63) is 47.5 Å². The molecule has 0 aliphatic heterocycles. The zero-order valence-corrected chi connectivity index (χ0v) is 19.5. The Morgan fingerprint density at radius 3 is 1.88 bits per heavy atom. The number of amides is 1. The fourth-order valence-corrected chi connectivity index (χ4v) is 3.96. The average molecular weight is 480 g/mol. The predicted octanol–water partition coefficient (Wildman–Crippen LogP) is 1.54. The van der Waals surface area contributed by atoms with Crippen molar-refractivity contribution < 1.29 is 41.7 Å². The molecule has 0 atom stereocenters. The maximum Gasteiger partial charge on any atom is 0.337 e. The van der Waals surface area contributed by atoms with Gasteiger partial charge in [0.05, 0.1) is 51.0 Å². The number of nitrogens with zero attached hydrogens (tertiary/aromatic N) is 1. The second-order valence-electron chi connectivity index (χ2n) is 6.61. The molecule has 0 fully saturated rings. The number of methoxy groups -OCH3 is 4. The molecule has 0 aliphatic carbocycles. The van der Waals surface area contributed by atoms with Crippen LogP contribution in [0.3, 0.4) is 0 Å². The highest BCUT2D eigenvalue weighted by atomic mass is 32.2. The number of esters is 2. The summed E-state index contributed by atoms with van der Waals surface area (Å²) in [6, 6.07) is 7.88. The Balaban J connectivity index is 2.24. The molecule has 1 amide bonds. The number of likely N-dealkylation sites (N-methyl/N-ethyl adjacent to an activating group) is 1. The number of carbonyl (C=O) groups excluding carboxylic acids is 3. The minimum absolute atomic E-state index is 0.00186. The van der Waals surface area contributed by atoms with Gasteiger partial charge in [0.1, 0.15) is 0 Å². The minimum Gasteiger partial charge on any atom is -0.493 e. The van der Waals surface area contributed by atoms with Crippen LogP contribution in [0.15, 0.2) is 41.3 Å². The summed E-state index contributed by atoms with van der Waals surface area (Å²) in [5, 5.41) is 2.47. The highest BCUT2D eigenvalue weighted by Crippen LogP contribution is 2.30. The van der Waals surface area contributed by atoms with E-state index in [1.54, 1.807) is 0 Å². The van der Waals surface area contributed by atoms with E-state index in [1.807, 2.05) is 0 Å². The van der Waals surface area contributed by atoms with Gasteiger partial charge < -0.3 is 24.3 Å². The van der Waals surface area contributed by atoms with Crippen molar-refractivity contribution >= 4 is 33.6 Å². The summed E-state index contributed by atoms with van der Waals surface area (Å²) in [5.74, 6) is -1.61. The Bertz CT molecular complexity index is 1130. The monoisotopic (exact) mass is 480 g/mol. The standard InChI is InChI=1S/C21H24N2O9S/c1-23(33(27,28)16-6-7-17(29-2)18(11-16)30-3)12-19(24)22-15-9-13(20(25)31-4)8-14(10-15)21(26)32-5/h6-11H,12H2,1-5H3,(H,22,24). The molecule has 11 nitrogen and oxygen atoms in total. The van der Waals surface area contributed by atoms with Crippen molar-refractivity contribution in [1.29, 1.82) is 0 Å². The van der Waals surface area contributed by atoms with Gasteiger partial charge in [-0.3, -0.25) is 4.79 Å². The molecule has 0 saturated carbocycles. The van der Waals surface area contributed by atoms with Gasteiger partial charge in [0.25, 0.3) is 0 Å². The van der Waals surface area contributed by atoms with Gasteiger partial charge in [0.2, 0.25) is 15.9 Å². The maximum atomic E-state index is 12.9. The molecule has 178 valence electrons. The second-order valence-corrected chi connectivity index (χ2v) is 8.65. The molecule has 2 rings (SSSR count). The van der Waals surface area contributed by atoms with E-state index in [0.717, 1.165) is 4.31 Å². The lowest BCUT2D eigenvalue weighted by molar-refractivity contribution is -0.116. The molecular formula is C21H24N2O9S. The molecule has 0 spiro atoms. The van der Waals surface area contributed by atoms with E-state index >= 15 is 0 Å². The zero-order chi connectivity index (χ0) is 24.8. The van der Waals surface area contributed by atoms with Crippen LogP contribution in [-0.2, 0) is 24.3 Å². The number of carbonyl (C=O) groups is 3. The van der Waals surface area contributed by atoms with Crippen LogP contribution in [0, 0.1) is 0 Å². The number of hydrogen-bond acceptors (Lipinski definition) is 9. The summed E-state index contributed by atoms with van der Waals surface area (Å²) in [6.07, 6.45) is 0. The number of rotatable bonds is 9. The van der Waals surface area contributed by atoms with Gasteiger partial charge in [-0.25, -0.2) is 18.0 Å². The summed E-state index contributed by atoms with van der Waals surface area (Å²) in [7, 11) is 2.31. The van der Waals surface area contributed by atoms with Gasteiger partial charge >= 0.3 is 11.9 Å². The number of hydrogen-bond donors (Lipinski definition) is 1. The van der Waals surface area contributed by atoms with E-state index in [9.17, 15) is 22.8 Å². The van der Waals surface area contributed by atoms with Crippen molar-refractivity contribution in [1.82, 2.24) is 4.31 Å². The van der Waals surface area contributed by atoms with Crippen LogP contribution in [0.5, 0.6) is 11.5 Å². The third-order valence-electron chi connectivity index (χ3n) is 4.49. The van der Waals surface area contributed by atoms with Gasteiger partial charge in [-0.1, -0.05) is 0 Å². The molecule has 0 bridgehead atoms. The van der Waals surface area contributed by atoms with E-state index in [1.165, 1.54) is 71.9 Å². The molecule has 2 aromatic carbocycles. The normalized spacial score (nSPS) is 11.0. The summed E-state index contributed by atoms with van der Waals surface area (Å²) in [5.41, 5.74) is 0.0872. The highest BCUT2D eigenvalue weighted by molar-refractivity contribution is 7.89. The Hall–Kier alpha value is -3.64. The number of nitrogens with one attached hydrogen (secondary N) is 1. The fourth-order valence-electron chi connectivity index (χ4n) is 2.82. The molecule has 0 radical (unpaired) electrons. The van der Waals surface area contributed by atoms with Crippen LogP contribution in [0.1, 0.15) is 20.7 Å². The maximum absolute atomic E-state index is 12.9. The van der Waals surface area contributed by atoms with E-state index in [2.05, 4.69) is 14.8 Å². The second kappa shape index (κ2) is 10.8. The smallest absolute Gasteiger partial charge is 0.337 e. The van der Waals surface area contributed by atoms with Crippen molar-refractivity contribution in [2.75, 3.05) is 47.3 Å². The van der Waals surface area contributed by atoms with E-state index in [0.29, 0.717) is 5.75 Å². The van der Waals surface area contributed by atoms with Gasteiger partial charge in [0.15, 0.2) is 11.5 Å². The Labute approximate surface area is 191 Å². The van der Waals surface area contributed by atoms with Crippen LogP contribution < -0.4 is 14.8 Å². The molecule has 2 aromatic rings. The van der Waals surface area contributed by atoms with Gasteiger partial charge in [0, 0.05) is 18.8 Å². The molecule has 0 aliphatic rings. The van der Waals surface area contributed by atoms with Gasteiger partial charge in [-0.2, -0.15) is 4.31 Å². The van der Waals surface area contributed by atoms with Crippen LogP contribution in [0.4, 0.5) is 5.69 Å². The first-order valence-corrected chi connectivity index (χ1v) is 10.8. The van der Waals surface area contributed by atoms with Crippen molar-refractivity contribution in [2.45, 2.75) is 4.90 Å². The van der Waals surface area contributed by atoms with Crippen molar-refractivity contribution in [3.8, 4) is 11.5 Å². The number of ether oxygens (including phenoxy) is 4. The fraction of sp³-hybridized carbons (Fsp3) is 0.286. The lowest BCUT2D eigenvalue weighted by Crippen LogP contribution is -2.35. The van der Waals surface area contributed by atoms with Crippen LogP contribution in [0.2, 0.25) is 0 Å². The van der Waals surface area contributed by atoms with E-state index in [4.69, 9.17) is 9.47 Å². The van der Waals surface area contributed by atoms with E-state index < -0.39 is 34.4 Å². The highest BCUT2D eigenvalue weighted by Gasteiger charge is 2.25. The largest absolute Gasteiger partial charge is 0.493 e. The first-order chi connectivity index (χ1) is 15.6. The topological polar surface area (TPSA) is 138 Å². The summed E-state index contributed by atoms with van der Waals surface area (Å²) in [4.78, 5) is 36.2. The summed E-state index contributed by atoms with van der Waals surface area (Å²) in [6.45, 7) is -0.549. The van der Waals surface area contributed by atoms with Gasteiger partial charge in [-0.15, -0.1) is 0 Å². The summed E-state index contributed by atoms with van der Waals surface area (Å²) < 4.78 is 46.1. The molecule has 33 heavy (non-hydrogen) atoms. The van der Waals surface area contributed by atoms with E-state index in [-0.39, 0.29) is 27.5 Å². The van der Waals surface area contributed by atoms with Crippen molar-refractivity contribution in [3.63, 3.8) is 0 Å². The number of sulfonamides is 1. The third kappa shape index (κ3) is 5.99. The minimum atomic E-state index is -4.05. The van der Waals surface area contributed by atoms with Crippen LogP contribution in [0.25, 0.3) is 0 Å². The third-order valence-corrected chi connectivity index (χ3v) is 6.29. The molecule has 12 heteroatoms. The Kier molecular flexibility index (Phi) is 8.38. The Morgan fingerprint density at radius 1 is 0.848 bits per heavy atom. The van der Waals surface area contributed by atoms with Crippen molar-refractivity contribution in [2.24, 2.45) is 0 Å². The first-order valence-electron chi connectivity index (χ1n) is 9.37. The Morgan fingerprint density at radius 2 is 1.39 bits per heavy atom. The molecule has 0 heterocycles.